The van der Waals surface area contributed by atoms with Gasteiger partial charge in [0, 0.05) is 24.6 Å². The predicted molar refractivity (Wildman–Crippen MR) is 87.0 cm³/mol. The number of aromatic nitrogens is 2. The first-order valence-electron chi connectivity index (χ1n) is 8.41. The Morgan fingerprint density at radius 2 is 1.96 bits per heavy atom. The van der Waals surface area contributed by atoms with Crippen molar-refractivity contribution in [3.8, 4) is 0 Å². The summed E-state index contributed by atoms with van der Waals surface area (Å²) in [6, 6.07) is 7.58. The Kier molecular flexibility index (Phi) is 4.94. The van der Waals surface area contributed by atoms with E-state index in [-0.39, 0.29) is 0 Å². The molecule has 0 saturated carbocycles. The lowest BCUT2D eigenvalue weighted by atomic mass is 9.94. The van der Waals surface area contributed by atoms with Crippen LogP contribution in [-0.4, -0.2) is 22.9 Å². The average Bonchev–Trinajstić information content (AvgIpc) is 2.98. The van der Waals surface area contributed by atoms with Crippen LogP contribution in [0.3, 0.4) is 0 Å². The van der Waals surface area contributed by atoms with Crippen molar-refractivity contribution in [2.45, 2.75) is 44.8 Å². The van der Waals surface area contributed by atoms with E-state index in [1.54, 1.807) is 6.07 Å². The van der Waals surface area contributed by atoms with Crippen LogP contribution in [-0.2, 0) is 19.1 Å². The quantitative estimate of drug-likeness (QED) is 0.914. The maximum absolute atomic E-state index is 12.8. The smallest absolute Gasteiger partial charge is 0.317 e. The predicted octanol–water partition coefficient (Wildman–Crippen LogP) is 3.98. The van der Waals surface area contributed by atoms with E-state index in [2.05, 4.69) is 16.5 Å². The average molecular weight is 337 g/mol. The number of piperidine rings is 1. The van der Waals surface area contributed by atoms with Crippen LogP contribution >= 0.6 is 0 Å². The minimum atomic E-state index is -4.31. The molecule has 0 aliphatic carbocycles. The molecule has 0 bridgehead atoms. The van der Waals surface area contributed by atoms with Crippen molar-refractivity contribution in [1.82, 2.24) is 15.1 Å². The number of hydrogen-bond acceptors (Lipinski definition) is 2. The van der Waals surface area contributed by atoms with E-state index < -0.39 is 11.7 Å². The van der Waals surface area contributed by atoms with Crippen molar-refractivity contribution in [2.24, 2.45) is 0 Å². The van der Waals surface area contributed by atoms with Crippen molar-refractivity contribution < 1.29 is 13.2 Å². The zero-order chi connectivity index (χ0) is 17.2. The molecule has 1 saturated heterocycles. The Bertz CT molecular complexity index is 685. The molecule has 2 heterocycles. The Morgan fingerprint density at radius 3 is 2.62 bits per heavy atom. The highest BCUT2D eigenvalue weighted by Crippen LogP contribution is 2.30. The second-order valence-electron chi connectivity index (χ2n) is 6.28. The number of nitrogens with zero attached hydrogens (tertiary/aromatic N) is 2. The summed E-state index contributed by atoms with van der Waals surface area (Å²) in [5.74, 6) is 0.481. The van der Waals surface area contributed by atoms with Gasteiger partial charge in [0.25, 0.3) is 0 Å². The van der Waals surface area contributed by atoms with E-state index in [1.807, 2.05) is 11.6 Å². The molecular weight excluding hydrogens is 315 g/mol. The molecule has 3 rings (SSSR count). The number of nitrogens with one attached hydrogen (secondary N) is 1. The molecular formula is C18H22F3N3. The summed E-state index contributed by atoms with van der Waals surface area (Å²) < 4.78 is 40.5. The third-order valence-corrected chi connectivity index (χ3v) is 4.56. The Balaban J connectivity index is 1.82. The molecule has 1 aliphatic heterocycles. The molecule has 1 aromatic heterocycles. The van der Waals surface area contributed by atoms with Gasteiger partial charge in [-0.3, -0.25) is 4.68 Å². The maximum Gasteiger partial charge on any atom is 0.416 e. The van der Waals surface area contributed by atoms with Gasteiger partial charge in [0.2, 0.25) is 0 Å². The number of alkyl halides is 3. The highest BCUT2D eigenvalue weighted by atomic mass is 19.4. The molecule has 0 radical (unpaired) electrons. The second kappa shape index (κ2) is 6.97. The summed E-state index contributed by atoms with van der Waals surface area (Å²) in [4.78, 5) is 0. The van der Waals surface area contributed by atoms with Gasteiger partial charge in [0.15, 0.2) is 0 Å². The highest BCUT2D eigenvalue weighted by Gasteiger charge is 2.30. The van der Waals surface area contributed by atoms with Gasteiger partial charge in [-0.05, 0) is 50.6 Å². The minimum absolute atomic E-state index is 0.425. The number of rotatable bonds is 4. The van der Waals surface area contributed by atoms with E-state index in [4.69, 9.17) is 0 Å². The van der Waals surface area contributed by atoms with Gasteiger partial charge in [0.05, 0.1) is 11.3 Å². The largest absolute Gasteiger partial charge is 0.416 e. The fraction of sp³-hybridized carbons (Fsp3) is 0.500. The van der Waals surface area contributed by atoms with Crippen LogP contribution in [0, 0.1) is 0 Å². The van der Waals surface area contributed by atoms with Crippen LogP contribution < -0.4 is 5.32 Å². The molecule has 24 heavy (non-hydrogen) atoms. The lowest BCUT2D eigenvalue weighted by Gasteiger charge is -2.23. The van der Waals surface area contributed by atoms with Gasteiger partial charge in [-0.1, -0.05) is 18.2 Å². The van der Waals surface area contributed by atoms with Crippen LogP contribution in [0.2, 0.25) is 0 Å². The first-order chi connectivity index (χ1) is 11.5. The second-order valence-corrected chi connectivity index (χ2v) is 6.28. The maximum atomic E-state index is 12.8. The topological polar surface area (TPSA) is 29.9 Å². The van der Waals surface area contributed by atoms with E-state index in [9.17, 15) is 13.2 Å². The molecule has 0 atom stereocenters. The molecule has 1 fully saturated rings. The third kappa shape index (κ3) is 3.80. The number of hydrogen-bond donors (Lipinski definition) is 1. The molecule has 6 heteroatoms. The number of aryl methyl sites for hydroxylation is 1. The Morgan fingerprint density at radius 1 is 1.21 bits per heavy atom. The Labute approximate surface area is 139 Å². The molecule has 1 aliphatic rings. The van der Waals surface area contributed by atoms with Crippen molar-refractivity contribution >= 4 is 0 Å². The normalized spacial score (nSPS) is 16.5. The summed E-state index contributed by atoms with van der Waals surface area (Å²) in [7, 11) is 0. The van der Waals surface area contributed by atoms with Gasteiger partial charge in [-0.15, -0.1) is 0 Å². The summed E-state index contributed by atoms with van der Waals surface area (Å²) in [5.41, 5.74) is 2.08. The summed E-state index contributed by atoms with van der Waals surface area (Å²) in [6.45, 7) is 4.83. The van der Waals surface area contributed by atoms with Gasteiger partial charge in [-0.2, -0.15) is 18.3 Å². The van der Waals surface area contributed by atoms with Crippen molar-refractivity contribution in [3.63, 3.8) is 0 Å². The van der Waals surface area contributed by atoms with E-state index >= 15 is 0 Å². The highest BCUT2D eigenvalue weighted by molar-refractivity contribution is 5.29. The SMILES string of the molecule is CCn1nc(Cc2cccc(C(F)(F)F)c2)cc1C1CCNCC1. The molecule has 130 valence electrons. The van der Waals surface area contributed by atoms with Crippen LogP contribution in [0.25, 0.3) is 0 Å². The van der Waals surface area contributed by atoms with E-state index in [0.717, 1.165) is 44.2 Å². The summed E-state index contributed by atoms with van der Waals surface area (Å²) >= 11 is 0. The van der Waals surface area contributed by atoms with Crippen LogP contribution in [0.1, 0.15) is 48.2 Å². The first kappa shape index (κ1) is 17.0. The van der Waals surface area contributed by atoms with E-state index in [1.165, 1.54) is 17.8 Å². The summed E-state index contributed by atoms with van der Waals surface area (Å²) in [6.07, 6.45) is -1.72. The van der Waals surface area contributed by atoms with E-state index in [0.29, 0.717) is 17.9 Å². The first-order valence-corrected chi connectivity index (χ1v) is 8.41. The fourth-order valence-electron chi connectivity index (χ4n) is 3.34. The fourth-order valence-corrected chi connectivity index (χ4v) is 3.34. The number of halogens is 3. The molecule has 0 spiro atoms. The van der Waals surface area contributed by atoms with Gasteiger partial charge < -0.3 is 5.32 Å². The van der Waals surface area contributed by atoms with Gasteiger partial charge in [0.1, 0.15) is 0 Å². The van der Waals surface area contributed by atoms with Gasteiger partial charge in [-0.25, -0.2) is 0 Å². The minimum Gasteiger partial charge on any atom is -0.317 e. The van der Waals surface area contributed by atoms with Crippen molar-refractivity contribution in [1.29, 1.82) is 0 Å². The lowest BCUT2D eigenvalue weighted by molar-refractivity contribution is -0.137. The van der Waals surface area contributed by atoms with Crippen LogP contribution in [0.4, 0.5) is 13.2 Å². The molecule has 3 nitrogen and oxygen atoms in total. The molecule has 0 unspecified atom stereocenters. The molecule has 0 amide bonds. The van der Waals surface area contributed by atoms with Gasteiger partial charge >= 0.3 is 6.18 Å². The van der Waals surface area contributed by atoms with Crippen LogP contribution in [0.5, 0.6) is 0 Å². The molecule has 1 aromatic carbocycles. The lowest BCUT2D eigenvalue weighted by Crippen LogP contribution is -2.27. The molecule has 1 N–H and O–H groups in total. The zero-order valence-electron chi connectivity index (χ0n) is 13.7. The number of benzene rings is 1. The Hall–Kier alpha value is -1.82. The summed E-state index contributed by atoms with van der Waals surface area (Å²) in [5, 5.41) is 7.96. The standard InChI is InChI=1S/C18H22F3N3/c1-2-24-17(14-6-8-22-9-7-14)12-16(23-24)11-13-4-3-5-15(10-13)18(19,20)21/h3-5,10,12,14,22H,2,6-9,11H2,1H3. The van der Waals surface area contributed by atoms with Crippen molar-refractivity contribution in [2.75, 3.05) is 13.1 Å². The zero-order valence-corrected chi connectivity index (χ0v) is 13.7. The molecule has 2 aromatic rings. The van der Waals surface area contributed by atoms with Crippen LogP contribution in [0.15, 0.2) is 30.3 Å². The monoisotopic (exact) mass is 337 g/mol. The van der Waals surface area contributed by atoms with Crippen molar-refractivity contribution in [3.05, 3.63) is 52.8 Å². The third-order valence-electron chi connectivity index (χ3n) is 4.56.